The number of phenols is 2. The monoisotopic (exact) mass is 932 g/mol. The highest BCUT2D eigenvalue weighted by molar-refractivity contribution is 6.10. The zero-order valence-electron chi connectivity index (χ0n) is 37.0. The molecule has 358 valence electrons. The van der Waals surface area contributed by atoms with Crippen molar-refractivity contribution in [3.8, 4) is 17.2 Å². The molecule has 0 bridgehead atoms. The number of benzene rings is 3. The van der Waals surface area contributed by atoms with E-state index < -0.39 is 77.7 Å². The Morgan fingerprint density at radius 1 is 0.956 bits per heavy atom. The molecule has 12 atom stereocenters. The number of carboxylic acids is 1. The lowest BCUT2D eigenvalue weighted by molar-refractivity contribution is -0.422. The molecule has 3 aromatic carbocycles. The van der Waals surface area contributed by atoms with Gasteiger partial charge in [0.1, 0.15) is 35.9 Å². The summed E-state index contributed by atoms with van der Waals surface area (Å²) in [5, 5.41) is 90.4. The number of H-pyrrole nitrogens is 2. The number of aromatic amines is 2. The second kappa shape index (κ2) is 17.7. The molecular formula is C50H56N6O12. The van der Waals surface area contributed by atoms with Gasteiger partial charge in [-0.2, -0.15) is 0 Å². The van der Waals surface area contributed by atoms with Crippen LogP contribution in [0.25, 0.3) is 6.08 Å². The number of aliphatic hydroxyl groups excluding tert-OH is 4. The molecule has 2 aliphatic heterocycles. The molecule has 1 saturated heterocycles. The standard InChI is InChI=1S/C50H56N6O12/c51-39-15-12-28-11-9-26-4-1-2-5-33(26)49(28,39)21-32-30-19-36(59)37(67-50(66)47(63)46(62)45(61)38(23-57)68-50)20-34(30)56(44(32)48(64)65)41(60)16-8-25-7-14-35(58)31(18-25)29-13-10-27(42-43(29)55-24-54-42)22-53-40-6-3-17-52-40/h1-8,14,16-20,24,27-29,32,38-39,44-47,52-53,57-59,61-63,66H,9-13,15,21-23,51H2,(H,54,55)(H,64,65)/b16-8+/t27-,28+,29-,32-,38-,39+,44-,45-,46+,47-,49-,50+/m1/s1. The molecule has 5 aromatic rings. The molecule has 68 heavy (non-hydrogen) atoms. The van der Waals surface area contributed by atoms with Crippen LogP contribution in [0.1, 0.15) is 95.5 Å². The van der Waals surface area contributed by atoms with Gasteiger partial charge in [0.25, 0.3) is 5.91 Å². The van der Waals surface area contributed by atoms with Crippen molar-refractivity contribution in [2.75, 3.05) is 23.4 Å². The van der Waals surface area contributed by atoms with Gasteiger partial charge in [-0.05, 0) is 110 Å². The highest BCUT2D eigenvalue weighted by atomic mass is 16.8. The van der Waals surface area contributed by atoms with E-state index in [1.54, 1.807) is 24.5 Å². The van der Waals surface area contributed by atoms with Crippen LogP contribution >= 0.6 is 0 Å². The maximum atomic E-state index is 14.8. The summed E-state index contributed by atoms with van der Waals surface area (Å²) in [6.45, 7) is -0.235. The maximum Gasteiger partial charge on any atom is 0.355 e. The average Bonchev–Trinajstić information content (AvgIpc) is 4.16. The quantitative estimate of drug-likeness (QED) is 0.0631. The first-order chi connectivity index (χ1) is 32.7. The summed E-state index contributed by atoms with van der Waals surface area (Å²) < 4.78 is 11.0. The maximum absolute atomic E-state index is 14.8. The Morgan fingerprint density at radius 2 is 1.78 bits per heavy atom. The molecule has 1 amide bonds. The van der Waals surface area contributed by atoms with Gasteiger partial charge >= 0.3 is 11.9 Å². The fourth-order valence-electron chi connectivity index (χ4n) is 12.1. The number of rotatable bonds is 12. The second-order valence-electron chi connectivity index (χ2n) is 18.9. The number of carboxylic acid groups (broad SMARTS) is 1. The number of aryl methyl sites for hydroxylation is 1. The van der Waals surface area contributed by atoms with Crippen LogP contribution < -0.4 is 20.7 Å². The largest absolute Gasteiger partial charge is 0.508 e. The van der Waals surface area contributed by atoms with Crippen LogP contribution in [0.2, 0.25) is 0 Å². The van der Waals surface area contributed by atoms with Crippen molar-refractivity contribution in [1.82, 2.24) is 15.0 Å². The van der Waals surface area contributed by atoms with Crippen LogP contribution in [0.15, 0.2) is 85.3 Å². The molecule has 2 fully saturated rings. The van der Waals surface area contributed by atoms with Crippen molar-refractivity contribution in [2.24, 2.45) is 11.7 Å². The Labute approximate surface area is 390 Å². The molecule has 10 rings (SSSR count). The van der Waals surface area contributed by atoms with Gasteiger partial charge in [-0.1, -0.05) is 30.3 Å². The van der Waals surface area contributed by atoms with E-state index in [1.165, 1.54) is 18.2 Å². The summed E-state index contributed by atoms with van der Waals surface area (Å²) in [7, 11) is 0. The zero-order valence-corrected chi connectivity index (χ0v) is 37.0. The summed E-state index contributed by atoms with van der Waals surface area (Å²) in [6.07, 6.45) is 3.38. The number of fused-ring (bicyclic) bond motifs is 5. The van der Waals surface area contributed by atoms with E-state index in [0.29, 0.717) is 36.1 Å². The second-order valence-corrected chi connectivity index (χ2v) is 18.9. The molecule has 18 heteroatoms. The van der Waals surface area contributed by atoms with Crippen LogP contribution in [-0.4, -0.2) is 123 Å². The molecule has 0 radical (unpaired) electrons. The van der Waals surface area contributed by atoms with Crippen molar-refractivity contribution in [3.05, 3.63) is 125 Å². The van der Waals surface area contributed by atoms with Crippen molar-refractivity contribution < 1.29 is 59.9 Å². The van der Waals surface area contributed by atoms with Crippen LogP contribution in [0.5, 0.6) is 17.2 Å². The van der Waals surface area contributed by atoms with Gasteiger partial charge in [0, 0.05) is 65.4 Å². The topological polar surface area (TPSA) is 300 Å². The molecule has 4 heterocycles. The first-order valence-electron chi connectivity index (χ1n) is 23.1. The SMILES string of the molecule is N[C@H]1CC[C@@H]2CCc3ccccc3[C@@]21C[C@@H]1c2cc(O)c(O[C@]3(O)O[C@H](CO)[C@@H](O)[C@H](O)[C@H]3O)cc2N(C(=O)/C=C/c2ccc(O)c([C@H]3CC[C@H](CNc4ccc[nH]4)c4nc[nH]c43)c2)[C@H]1C(=O)O. The minimum absolute atomic E-state index is 0.0161. The summed E-state index contributed by atoms with van der Waals surface area (Å²) in [5.41, 5.74) is 11.8. The zero-order chi connectivity index (χ0) is 47.6. The summed E-state index contributed by atoms with van der Waals surface area (Å²) >= 11 is 0. The van der Waals surface area contributed by atoms with Crippen molar-refractivity contribution in [3.63, 3.8) is 0 Å². The van der Waals surface area contributed by atoms with Crippen LogP contribution in [0.3, 0.4) is 0 Å². The van der Waals surface area contributed by atoms with Gasteiger partial charge in [0.05, 0.1) is 24.3 Å². The fraction of sp³-hybridized carbons (Fsp3) is 0.420. The third-order valence-corrected chi connectivity index (χ3v) is 15.4. The van der Waals surface area contributed by atoms with Crippen LogP contribution in [0.4, 0.5) is 11.5 Å². The van der Waals surface area contributed by atoms with E-state index in [4.69, 9.17) is 15.2 Å². The molecule has 18 nitrogen and oxygen atoms in total. The van der Waals surface area contributed by atoms with E-state index >= 15 is 0 Å². The van der Waals surface area contributed by atoms with Crippen molar-refractivity contribution in [1.29, 1.82) is 0 Å². The molecule has 3 aliphatic carbocycles. The number of amides is 1. The molecular weight excluding hydrogens is 877 g/mol. The molecule has 5 aliphatic rings. The number of anilines is 2. The lowest BCUT2D eigenvalue weighted by atomic mass is 9.59. The number of nitrogens with two attached hydrogens (primary N) is 1. The Bertz CT molecular complexity index is 2730. The molecule has 1 saturated carbocycles. The van der Waals surface area contributed by atoms with Crippen molar-refractivity contribution >= 4 is 29.5 Å². The number of aliphatic carboxylic acids is 1. The number of carbonyl (C=O) groups excluding carboxylic acids is 1. The normalized spacial score (nSPS) is 31.8. The summed E-state index contributed by atoms with van der Waals surface area (Å²) in [5.74, 6) is -6.36. The van der Waals surface area contributed by atoms with E-state index in [-0.39, 0.29) is 41.7 Å². The van der Waals surface area contributed by atoms with Gasteiger partial charge in [-0.3, -0.25) is 9.69 Å². The Hall–Kier alpha value is -6.25. The minimum atomic E-state index is -3.13. The number of nitrogens with one attached hydrogen (secondary N) is 3. The van der Waals surface area contributed by atoms with E-state index in [9.17, 15) is 50.4 Å². The van der Waals surface area contributed by atoms with E-state index in [2.05, 4.69) is 26.3 Å². The lowest BCUT2D eigenvalue weighted by Gasteiger charge is -2.46. The first kappa shape index (κ1) is 45.5. The minimum Gasteiger partial charge on any atom is -0.508 e. The number of phenolic OH excluding ortho intramolecular Hbond substituents is 2. The smallest absolute Gasteiger partial charge is 0.355 e. The number of aromatic nitrogens is 3. The number of imidazole rings is 1. The average molecular weight is 933 g/mol. The fourth-order valence-corrected chi connectivity index (χ4v) is 12.1. The van der Waals surface area contributed by atoms with E-state index in [1.807, 2.05) is 36.5 Å². The highest BCUT2D eigenvalue weighted by Gasteiger charge is 2.58. The summed E-state index contributed by atoms with van der Waals surface area (Å²) in [6, 6.07) is 17.4. The number of ether oxygens (including phenoxy) is 2. The highest BCUT2D eigenvalue weighted by Crippen LogP contribution is 2.59. The number of carbonyl (C=O) groups is 2. The van der Waals surface area contributed by atoms with Gasteiger partial charge in [0.2, 0.25) is 0 Å². The van der Waals surface area contributed by atoms with Gasteiger partial charge in [-0.25, -0.2) is 9.78 Å². The Balaban J connectivity index is 1.01. The number of aliphatic hydroxyl groups is 5. The Morgan fingerprint density at radius 3 is 2.56 bits per heavy atom. The van der Waals surface area contributed by atoms with Gasteiger partial charge in [-0.15, -0.1) is 0 Å². The van der Waals surface area contributed by atoms with E-state index in [0.717, 1.165) is 65.0 Å². The predicted octanol–water partition coefficient (Wildman–Crippen LogP) is 3.38. The van der Waals surface area contributed by atoms with Crippen LogP contribution in [0, 0.1) is 5.92 Å². The lowest BCUT2D eigenvalue weighted by Crippen LogP contribution is -2.67. The summed E-state index contributed by atoms with van der Waals surface area (Å²) in [4.78, 5) is 40.8. The third-order valence-electron chi connectivity index (χ3n) is 15.4. The number of hydrogen-bond acceptors (Lipinski definition) is 14. The molecule has 0 unspecified atom stereocenters. The predicted molar refractivity (Wildman–Crippen MR) is 246 cm³/mol. The molecule has 2 aromatic heterocycles. The first-order valence-corrected chi connectivity index (χ1v) is 23.1. The van der Waals surface area contributed by atoms with Gasteiger partial charge < -0.3 is 71.3 Å². The molecule has 13 N–H and O–H groups in total. The van der Waals surface area contributed by atoms with Gasteiger partial charge in [0.15, 0.2) is 17.6 Å². The molecule has 0 spiro atoms. The number of aromatic hydroxyl groups is 2. The number of nitrogens with zero attached hydrogens (tertiary/aromatic N) is 2. The number of hydrogen-bond donors (Lipinski definition) is 12. The van der Waals surface area contributed by atoms with Crippen molar-refractivity contribution in [2.45, 2.75) is 111 Å². The van der Waals surface area contributed by atoms with Crippen LogP contribution in [-0.2, 0) is 26.2 Å². The third kappa shape index (κ3) is 7.60. The Kier molecular flexibility index (Phi) is 11.8.